The summed E-state index contributed by atoms with van der Waals surface area (Å²) in [5.74, 6) is -1.41. The molecule has 0 saturated carbocycles. The number of carbonyl (C=O) groups excluding carboxylic acids is 2. The first-order valence-corrected chi connectivity index (χ1v) is 21.0. The molecule has 0 aromatic rings. The molecule has 4 aliphatic heterocycles. The highest BCUT2D eigenvalue weighted by Gasteiger charge is 2.59. The topological polar surface area (TPSA) is 80.3 Å². The maximum atomic E-state index is 14.5. The summed E-state index contributed by atoms with van der Waals surface area (Å²) in [6.45, 7) is 22.5. The van der Waals surface area contributed by atoms with Crippen molar-refractivity contribution < 1.29 is 33.0 Å². The molecule has 8 heteroatoms. The molecule has 0 aromatic heterocycles. The van der Waals surface area contributed by atoms with Crippen molar-refractivity contribution in [3.05, 3.63) is 47.1 Å². The number of rotatable bonds is 4. The SMILES string of the molecule is CC[C@H]1O[C@]2(CCC1C=O)CC1C[C@@H](C/C=C(\C)C[C@@H](C)/C=C/C=C3\COC4[C@H](O[Si](C)(C)C(C)(C)C)C(C)=C[C@@H](C(=O)O1)[C@]34C)O2. The van der Waals surface area contributed by atoms with Crippen LogP contribution in [0.15, 0.2) is 47.1 Å². The van der Waals surface area contributed by atoms with Gasteiger partial charge in [-0.1, -0.05) is 77.5 Å². The predicted molar refractivity (Wildman–Crippen MR) is 187 cm³/mol. The molecule has 3 fully saturated rings. The largest absolute Gasteiger partial charge is 0.462 e. The first kappa shape index (κ1) is 36.4. The lowest BCUT2D eigenvalue weighted by molar-refractivity contribution is -0.333. The molecule has 3 unspecified atom stereocenters. The lowest BCUT2D eigenvalue weighted by atomic mass is 9.63. The Bertz CT molecular complexity index is 1310. The molecule has 7 nitrogen and oxygen atoms in total. The van der Waals surface area contributed by atoms with Crippen LogP contribution in [0.3, 0.4) is 0 Å². The molecule has 10 atom stereocenters. The fraction of sp³-hybridized carbons (Fsp3) is 0.744. The maximum absolute atomic E-state index is 14.5. The number of esters is 1. The van der Waals surface area contributed by atoms with Gasteiger partial charge < -0.3 is 28.2 Å². The molecule has 3 saturated heterocycles. The Morgan fingerprint density at radius 3 is 2.57 bits per heavy atom. The Balaban J connectivity index is 1.53. The Morgan fingerprint density at radius 1 is 1.15 bits per heavy atom. The number of aldehydes is 1. The van der Waals surface area contributed by atoms with E-state index in [2.05, 4.69) is 98.9 Å². The average molecular weight is 669 g/mol. The zero-order valence-corrected chi connectivity index (χ0v) is 31.6. The number of allylic oxidation sites excluding steroid dienone is 4. The Labute approximate surface area is 284 Å². The van der Waals surface area contributed by atoms with E-state index in [1.807, 2.05) is 0 Å². The van der Waals surface area contributed by atoms with E-state index in [1.165, 1.54) is 5.57 Å². The van der Waals surface area contributed by atoms with Crippen LogP contribution < -0.4 is 0 Å². The molecular formula is C39H60O7Si. The summed E-state index contributed by atoms with van der Waals surface area (Å²) in [4.78, 5) is 26.4. The summed E-state index contributed by atoms with van der Waals surface area (Å²) in [5.41, 5.74) is 2.81. The fourth-order valence-electron chi connectivity index (χ4n) is 8.15. The van der Waals surface area contributed by atoms with Crippen LogP contribution in [0, 0.1) is 23.2 Å². The molecule has 4 heterocycles. The number of fused-ring (bicyclic) bond motifs is 2. The van der Waals surface area contributed by atoms with Gasteiger partial charge in [-0.3, -0.25) is 4.79 Å². The Hall–Kier alpha value is -1.84. The van der Waals surface area contributed by atoms with E-state index in [9.17, 15) is 9.59 Å². The summed E-state index contributed by atoms with van der Waals surface area (Å²) in [7, 11) is -2.16. The van der Waals surface area contributed by atoms with Crippen LogP contribution in [-0.4, -0.2) is 63.5 Å². The van der Waals surface area contributed by atoms with Gasteiger partial charge in [0.25, 0.3) is 0 Å². The zero-order valence-electron chi connectivity index (χ0n) is 30.6. The van der Waals surface area contributed by atoms with Gasteiger partial charge in [-0.2, -0.15) is 0 Å². The fourth-order valence-corrected chi connectivity index (χ4v) is 9.45. The molecule has 1 spiro atoms. The van der Waals surface area contributed by atoms with Crippen LogP contribution in [0.25, 0.3) is 0 Å². The van der Waals surface area contributed by atoms with Crippen molar-refractivity contribution in [3.63, 3.8) is 0 Å². The standard InChI is InChI=1S/C39H60O7Si/c1-11-33-28(23-40)17-18-39(45-33)22-31-21-30(44-39)16-15-26(3)19-25(2)13-12-14-29-24-42-35-34(46-47(9,10)37(5,6)7)27(4)20-32(36(41)43-31)38(29,35)8/h12-15,20,23,25,28,30-35H,11,16-19,21-22,24H2,1-10H3/b13-12+,26-15+,29-14+/t25-,28?,30+,31?,32-,33+,34+,35?,38-,39+/m0/s1. The van der Waals surface area contributed by atoms with Crippen molar-refractivity contribution in [2.75, 3.05) is 6.61 Å². The van der Waals surface area contributed by atoms with Gasteiger partial charge in [0.2, 0.25) is 0 Å². The van der Waals surface area contributed by atoms with E-state index in [0.717, 1.165) is 36.7 Å². The molecule has 0 N–H and O–H groups in total. The smallest absolute Gasteiger partial charge is 0.314 e. The van der Waals surface area contributed by atoms with E-state index in [4.69, 9.17) is 23.4 Å². The van der Waals surface area contributed by atoms with Crippen molar-refractivity contribution in [1.29, 1.82) is 0 Å². The molecule has 47 heavy (non-hydrogen) atoms. The number of hydrogen-bond acceptors (Lipinski definition) is 7. The number of carbonyl (C=O) groups is 2. The minimum absolute atomic E-state index is 0.0342. The molecule has 0 radical (unpaired) electrons. The molecule has 5 aliphatic rings. The minimum Gasteiger partial charge on any atom is -0.462 e. The average Bonchev–Trinajstić information content (AvgIpc) is 3.32. The quantitative estimate of drug-likeness (QED) is 0.129. The van der Waals surface area contributed by atoms with Crippen LogP contribution >= 0.6 is 0 Å². The van der Waals surface area contributed by atoms with Crippen LogP contribution in [0.5, 0.6) is 0 Å². The van der Waals surface area contributed by atoms with Gasteiger partial charge in [0.05, 0.1) is 36.9 Å². The maximum Gasteiger partial charge on any atom is 0.314 e. The predicted octanol–water partition coefficient (Wildman–Crippen LogP) is 8.41. The molecule has 5 rings (SSSR count). The second kappa shape index (κ2) is 13.8. The Kier molecular flexibility index (Phi) is 10.7. The van der Waals surface area contributed by atoms with Gasteiger partial charge in [-0.25, -0.2) is 0 Å². The second-order valence-electron chi connectivity index (χ2n) is 16.8. The van der Waals surface area contributed by atoms with Gasteiger partial charge in [-0.05, 0) is 74.7 Å². The summed E-state index contributed by atoms with van der Waals surface area (Å²) in [6.07, 6.45) is 15.5. The number of ether oxygens (including phenoxy) is 4. The molecule has 0 aromatic carbocycles. The minimum atomic E-state index is -2.16. The zero-order chi connectivity index (χ0) is 34.4. The first-order valence-electron chi connectivity index (χ1n) is 18.0. The lowest BCUT2D eigenvalue weighted by Gasteiger charge is -2.50. The van der Waals surface area contributed by atoms with Gasteiger partial charge in [0, 0.05) is 30.6 Å². The summed E-state index contributed by atoms with van der Waals surface area (Å²) in [6, 6.07) is 0. The molecular weight excluding hydrogens is 609 g/mol. The van der Waals surface area contributed by atoms with Gasteiger partial charge >= 0.3 is 5.97 Å². The highest BCUT2D eigenvalue weighted by molar-refractivity contribution is 6.74. The van der Waals surface area contributed by atoms with Crippen molar-refractivity contribution in [2.45, 2.75) is 155 Å². The van der Waals surface area contributed by atoms with Gasteiger partial charge in [0.1, 0.15) is 12.4 Å². The molecule has 1 aliphatic carbocycles. The van der Waals surface area contributed by atoms with Crippen LogP contribution in [0.1, 0.15) is 100 Å². The monoisotopic (exact) mass is 668 g/mol. The molecule has 262 valence electrons. The van der Waals surface area contributed by atoms with Crippen LogP contribution in [-0.2, 0) is 33.0 Å². The second-order valence-corrected chi connectivity index (χ2v) is 21.6. The third-order valence-corrected chi connectivity index (χ3v) is 16.6. The van der Waals surface area contributed by atoms with E-state index in [1.54, 1.807) is 0 Å². The number of hydrogen-bond donors (Lipinski definition) is 0. The van der Waals surface area contributed by atoms with Crippen molar-refractivity contribution >= 4 is 20.6 Å². The van der Waals surface area contributed by atoms with Gasteiger partial charge in [-0.15, -0.1) is 0 Å². The highest BCUT2D eigenvalue weighted by atomic mass is 28.4. The van der Waals surface area contributed by atoms with Crippen LogP contribution in [0.4, 0.5) is 0 Å². The lowest BCUT2D eigenvalue weighted by Crippen LogP contribution is -2.56. The Morgan fingerprint density at radius 2 is 1.89 bits per heavy atom. The molecule has 0 amide bonds. The first-order chi connectivity index (χ1) is 22.0. The van der Waals surface area contributed by atoms with Crippen molar-refractivity contribution in [2.24, 2.45) is 23.2 Å². The van der Waals surface area contributed by atoms with Crippen molar-refractivity contribution in [1.82, 2.24) is 0 Å². The van der Waals surface area contributed by atoms with Crippen LogP contribution in [0.2, 0.25) is 18.1 Å². The van der Waals surface area contributed by atoms with E-state index < -0.39 is 25.4 Å². The van der Waals surface area contributed by atoms with E-state index in [-0.39, 0.29) is 47.4 Å². The van der Waals surface area contributed by atoms with E-state index in [0.29, 0.717) is 38.2 Å². The molecule has 2 bridgehead atoms. The van der Waals surface area contributed by atoms with Crippen molar-refractivity contribution in [3.8, 4) is 0 Å². The summed E-state index contributed by atoms with van der Waals surface area (Å²) < 4.78 is 33.6. The third kappa shape index (κ3) is 7.37. The highest BCUT2D eigenvalue weighted by Crippen LogP contribution is 2.54. The third-order valence-electron chi connectivity index (χ3n) is 12.1. The summed E-state index contributed by atoms with van der Waals surface area (Å²) >= 11 is 0. The van der Waals surface area contributed by atoms with E-state index >= 15 is 0 Å². The normalized spacial score (nSPS) is 43.1. The van der Waals surface area contributed by atoms with Gasteiger partial charge in [0.15, 0.2) is 14.1 Å². The summed E-state index contributed by atoms with van der Waals surface area (Å²) in [5, 5.41) is 0.0342.